The van der Waals surface area contributed by atoms with E-state index in [0.717, 1.165) is 50.7 Å². The highest BCUT2D eigenvalue weighted by Gasteiger charge is 2.18. The van der Waals surface area contributed by atoms with E-state index < -0.39 is 0 Å². The Bertz CT molecular complexity index is 1560. The van der Waals surface area contributed by atoms with Gasteiger partial charge in [0.25, 0.3) is 0 Å². The Kier molecular flexibility index (Phi) is 5.86. The zero-order valence-electron chi connectivity index (χ0n) is 20.2. The van der Waals surface area contributed by atoms with Gasteiger partial charge in [0.15, 0.2) is 0 Å². The molecule has 0 aliphatic rings. The molecule has 0 N–H and O–H groups in total. The highest BCUT2D eigenvalue weighted by molar-refractivity contribution is 5.79. The molecule has 0 fully saturated rings. The zero-order valence-corrected chi connectivity index (χ0v) is 20.2. The SMILES string of the molecule is COc1ccnc(Cn2c(=O)n(Cc3nccc(OC)c3C)c3cc(-n4cccc4)ccc32)c1C. The standard InChI is InChI=1S/C27H27N5O3/c1-18-21(28-11-9-25(18)34-3)16-31-23-8-7-20(30-13-5-6-14-30)15-24(23)32(27(31)33)17-22-19(2)26(35-4)10-12-29-22/h5-15H,16-17H2,1-4H3. The average molecular weight is 470 g/mol. The van der Waals surface area contributed by atoms with Gasteiger partial charge >= 0.3 is 5.69 Å². The molecule has 0 aliphatic heterocycles. The Hall–Kier alpha value is -4.33. The summed E-state index contributed by atoms with van der Waals surface area (Å²) in [6.07, 6.45) is 7.38. The highest BCUT2D eigenvalue weighted by Crippen LogP contribution is 2.25. The smallest absolute Gasteiger partial charge is 0.329 e. The number of imidazole rings is 1. The van der Waals surface area contributed by atoms with Crippen molar-refractivity contribution < 1.29 is 9.47 Å². The van der Waals surface area contributed by atoms with Crippen molar-refractivity contribution in [2.45, 2.75) is 26.9 Å². The summed E-state index contributed by atoms with van der Waals surface area (Å²) >= 11 is 0. The minimum absolute atomic E-state index is 0.127. The van der Waals surface area contributed by atoms with Crippen molar-refractivity contribution in [2.75, 3.05) is 14.2 Å². The predicted molar refractivity (Wildman–Crippen MR) is 135 cm³/mol. The topological polar surface area (TPSA) is 76.1 Å². The van der Waals surface area contributed by atoms with Crippen LogP contribution in [0.5, 0.6) is 11.5 Å². The third-order valence-electron chi connectivity index (χ3n) is 6.48. The summed E-state index contributed by atoms with van der Waals surface area (Å²) in [5.74, 6) is 1.49. The van der Waals surface area contributed by atoms with Gasteiger partial charge in [-0.05, 0) is 56.3 Å². The van der Waals surface area contributed by atoms with Gasteiger partial charge in [-0.15, -0.1) is 0 Å². The second-order valence-electron chi connectivity index (χ2n) is 8.39. The van der Waals surface area contributed by atoms with E-state index >= 15 is 0 Å². The van der Waals surface area contributed by atoms with E-state index in [1.54, 1.807) is 35.7 Å². The van der Waals surface area contributed by atoms with Gasteiger partial charge in [0.05, 0.1) is 49.7 Å². The quantitative estimate of drug-likeness (QED) is 0.359. The summed E-state index contributed by atoms with van der Waals surface area (Å²) in [5, 5.41) is 0. The molecule has 5 aromatic rings. The van der Waals surface area contributed by atoms with Crippen molar-refractivity contribution in [1.82, 2.24) is 23.7 Å². The number of rotatable bonds is 7. The third-order valence-corrected chi connectivity index (χ3v) is 6.48. The molecular weight excluding hydrogens is 442 g/mol. The molecule has 0 amide bonds. The van der Waals surface area contributed by atoms with Crippen LogP contribution in [0, 0.1) is 13.8 Å². The summed E-state index contributed by atoms with van der Waals surface area (Å²) in [7, 11) is 3.27. The van der Waals surface area contributed by atoms with E-state index in [-0.39, 0.29) is 5.69 Å². The molecule has 5 rings (SSSR count). The number of methoxy groups -OCH3 is 2. The number of fused-ring (bicyclic) bond motifs is 1. The summed E-state index contributed by atoms with van der Waals surface area (Å²) in [6, 6.07) is 13.6. The molecule has 0 saturated heterocycles. The van der Waals surface area contributed by atoms with E-state index in [4.69, 9.17) is 9.47 Å². The van der Waals surface area contributed by atoms with E-state index in [2.05, 4.69) is 9.97 Å². The molecular formula is C27H27N5O3. The maximum Gasteiger partial charge on any atom is 0.329 e. The van der Waals surface area contributed by atoms with Crippen LogP contribution in [0.4, 0.5) is 0 Å². The lowest BCUT2D eigenvalue weighted by Gasteiger charge is -2.10. The first-order valence-corrected chi connectivity index (χ1v) is 11.3. The van der Waals surface area contributed by atoms with E-state index in [0.29, 0.717) is 13.1 Å². The van der Waals surface area contributed by atoms with Crippen LogP contribution < -0.4 is 15.2 Å². The Balaban J connectivity index is 1.69. The number of pyridine rings is 2. The summed E-state index contributed by atoms with van der Waals surface area (Å²) < 4.78 is 16.5. The van der Waals surface area contributed by atoms with Crippen molar-refractivity contribution in [1.29, 1.82) is 0 Å². The monoisotopic (exact) mass is 469 g/mol. The van der Waals surface area contributed by atoms with Crippen LogP contribution in [0.3, 0.4) is 0 Å². The van der Waals surface area contributed by atoms with Gasteiger partial charge in [-0.1, -0.05) is 0 Å². The van der Waals surface area contributed by atoms with E-state index in [1.165, 1.54) is 0 Å². The normalized spacial score (nSPS) is 11.2. The number of hydrogen-bond acceptors (Lipinski definition) is 5. The van der Waals surface area contributed by atoms with Gasteiger partial charge in [0.1, 0.15) is 11.5 Å². The fourth-order valence-electron chi connectivity index (χ4n) is 4.46. The maximum atomic E-state index is 13.8. The lowest BCUT2D eigenvalue weighted by atomic mass is 10.2. The second kappa shape index (κ2) is 9.13. The van der Waals surface area contributed by atoms with Crippen molar-refractivity contribution in [2.24, 2.45) is 0 Å². The lowest BCUT2D eigenvalue weighted by Crippen LogP contribution is -2.26. The van der Waals surface area contributed by atoms with Gasteiger partial charge in [-0.3, -0.25) is 19.1 Å². The zero-order chi connectivity index (χ0) is 24.5. The summed E-state index contributed by atoms with van der Waals surface area (Å²) in [5.41, 5.74) is 5.90. The molecule has 4 aromatic heterocycles. The van der Waals surface area contributed by atoms with Crippen LogP contribution in [-0.2, 0) is 13.1 Å². The molecule has 0 spiro atoms. The van der Waals surface area contributed by atoms with Crippen LogP contribution >= 0.6 is 0 Å². The van der Waals surface area contributed by atoms with Gasteiger partial charge in [0, 0.05) is 41.6 Å². The molecule has 0 atom stereocenters. The first-order chi connectivity index (χ1) is 17.0. The number of ether oxygens (including phenoxy) is 2. The molecule has 0 saturated carbocycles. The Morgan fingerprint density at radius 1 is 0.771 bits per heavy atom. The van der Waals surface area contributed by atoms with E-state index in [9.17, 15) is 4.79 Å². The van der Waals surface area contributed by atoms with Crippen molar-refractivity contribution in [3.63, 3.8) is 0 Å². The van der Waals surface area contributed by atoms with Crippen LogP contribution in [0.25, 0.3) is 16.7 Å². The van der Waals surface area contributed by atoms with Gasteiger partial charge in [0.2, 0.25) is 0 Å². The third kappa shape index (κ3) is 3.97. The molecule has 8 heteroatoms. The molecule has 0 bridgehead atoms. The Morgan fingerprint density at radius 2 is 1.31 bits per heavy atom. The fraction of sp³-hybridized carbons (Fsp3) is 0.222. The molecule has 0 unspecified atom stereocenters. The van der Waals surface area contributed by atoms with Crippen LogP contribution in [0.15, 0.2) is 72.0 Å². The largest absolute Gasteiger partial charge is 0.496 e. The predicted octanol–water partition coefficient (Wildman–Crippen LogP) is 4.11. The van der Waals surface area contributed by atoms with Crippen molar-refractivity contribution >= 4 is 11.0 Å². The molecule has 0 aliphatic carbocycles. The Labute approximate surface area is 203 Å². The molecule has 4 heterocycles. The summed E-state index contributed by atoms with van der Waals surface area (Å²) in [4.78, 5) is 22.9. The van der Waals surface area contributed by atoms with Gasteiger partial charge in [-0.2, -0.15) is 0 Å². The minimum Gasteiger partial charge on any atom is -0.496 e. The molecule has 178 valence electrons. The van der Waals surface area contributed by atoms with Crippen LogP contribution in [0.1, 0.15) is 22.5 Å². The van der Waals surface area contributed by atoms with Crippen LogP contribution in [0.2, 0.25) is 0 Å². The average Bonchev–Trinajstić information content (AvgIpc) is 3.49. The lowest BCUT2D eigenvalue weighted by molar-refractivity contribution is 0.409. The Morgan fingerprint density at radius 3 is 1.86 bits per heavy atom. The first kappa shape index (κ1) is 22.5. The van der Waals surface area contributed by atoms with Gasteiger partial charge < -0.3 is 14.0 Å². The minimum atomic E-state index is -0.127. The second-order valence-corrected chi connectivity index (χ2v) is 8.39. The van der Waals surface area contributed by atoms with Crippen molar-refractivity contribution in [3.05, 3.63) is 100 Å². The fourth-order valence-corrected chi connectivity index (χ4v) is 4.46. The number of nitrogens with zero attached hydrogens (tertiary/aromatic N) is 5. The first-order valence-electron chi connectivity index (χ1n) is 11.3. The number of aromatic nitrogens is 5. The highest BCUT2D eigenvalue weighted by atomic mass is 16.5. The maximum absolute atomic E-state index is 13.8. The summed E-state index contributed by atoms with van der Waals surface area (Å²) in [6.45, 7) is 4.57. The molecule has 8 nitrogen and oxygen atoms in total. The number of benzene rings is 1. The molecule has 35 heavy (non-hydrogen) atoms. The van der Waals surface area contributed by atoms with E-state index in [1.807, 2.05) is 73.3 Å². The molecule has 0 radical (unpaired) electrons. The molecule has 1 aromatic carbocycles. The van der Waals surface area contributed by atoms with Gasteiger partial charge in [-0.25, -0.2) is 4.79 Å². The van der Waals surface area contributed by atoms with Crippen LogP contribution in [-0.4, -0.2) is 37.9 Å². The number of hydrogen-bond donors (Lipinski definition) is 0. The van der Waals surface area contributed by atoms with Crippen molar-refractivity contribution in [3.8, 4) is 17.2 Å².